The van der Waals surface area contributed by atoms with Gasteiger partial charge < -0.3 is 9.67 Å². The maximum absolute atomic E-state index is 12.4. The zero-order chi connectivity index (χ0) is 17.0. The summed E-state index contributed by atoms with van der Waals surface area (Å²) in [4.78, 5) is 12.4. The van der Waals surface area contributed by atoms with Gasteiger partial charge in [-0.05, 0) is 35.1 Å². The van der Waals surface area contributed by atoms with Gasteiger partial charge in [0.1, 0.15) is 11.6 Å². The van der Waals surface area contributed by atoms with Crippen molar-refractivity contribution in [2.75, 3.05) is 6.61 Å². The van der Waals surface area contributed by atoms with Crippen molar-refractivity contribution < 1.29 is 5.11 Å². The average Bonchev–Trinajstić information content (AvgIpc) is 2.53. The van der Waals surface area contributed by atoms with Gasteiger partial charge in [0.15, 0.2) is 0 Å². The van der Waals surface area contributed by atoms with E-state index in [1.165, 1.54) is 5.56 Å². The Balaban J connectivity index is 2.52. The van der Waals surface area contributed by atoms with Crippen molar-refractivity contribution in [3.63, 3.8) is 0 Å². The van der Waals surface area contributed by atoms with E-state index in [0.717, 1.165) is 11.3 Å². The summed E-state index contributed by atoms with van der Waals surface area (Å²) >= 11 is 0. The zero-order valence-corrected chi connectivity index (χ0v) is 13.8. The molecule has 0 aliphatic rings. The van der Waals surface area contributed by atoms with Crippen molar-refractivity contribution in [1.82, 2.24) is 4.57 Å². The molecule has 4 heteroatoms. The smallest absolute Gasteiger partial charge is 0.268 e. The third-order valence-corrected chi connectivity index (χ3v) is 3.88. The van der Waals surface area contributed by atoms with E-state index in [-0.39, 0.29) is 23.1 Å². The van der Waals surface area contributed by atoms with Crippen LogP contribution in [0.15, 0.2) is 41.2 Å². The molecule has 0 aliphatic heterocycles. The minimum Gasteiger partial charge on any atom is -0.396 e. The van der Waals surface area contributed by atoms with Gasteiger partial charge in [-0.15, -0.1) is 0 Å². The van der Waals surface area contributed by atoms with E-state index in [1.807, 2.05) is 18.2 Å². The molecule has 4 nitrogen and oxygen atoms in total. The normalized spacial score (nSPS) is 11.3. The number of hydrogen-bond acceptors (Lipinski definition) is 3. The molecule has 0 unspecified atom stereocenters. The van der Waals surface area contributed by atoms with Crippen LogP contribution in [0.2, 0.25) is 0 Å². The molecule has 0 radical (unpaired) electrons. The molecule has 1 N–H and O–H groups in total. The van der Waals surface area contributed by atoms with E-state index in [0.29, 0.717) is 13.0 Å². The van der Waals surface area contributed by atoms with Crippen LogP contribution >= 0.6 is 0 Å². The predicted octanol–water partition coefficient (Wildman–Crippen LogP) is 3.07. The quantitative estimate of drug-likeness (QED) is 0.943. The number of benzene rings is 1. The summed E-state index contributed by atoms with van der Waals surface area (Å²) in [5, 5.41) is 18.1. The Morgan fingerprint density at radius 2 is 1.78 bits per heavy atom. The van der Waals surface area contributed by atoms with Gasteiger partial charge in [-0.1, -0.05) is 45.0 Å². The number of aliphatic hydroxyl groups excluding tert-OH is 1. The third kappa shape index (κ3) is 3.69. The van der Waals surface area contributed by atoms with E-state index in [4.69, 9.17) is 10.4 Å². The van der Waals surface area contributed by atoms with Crippen LogP contribution in [0, 0.1) is 11.3 Å². The highest BCUT2D eigenvalue weighted by Gasteiger charge is 2.14. The third-order valence-electron chi connectivity index (χ3n) is 3.88. The highest BCUT2D eigenvalue weighted by molar-refractivity contribution is 5.61. The van der Waals surface area contributed by atoms with E-state index >= 15 is 0 Å². The number of pyridine rings is 1. The highest BCUT2D eigenvalue weighted by atomic mass is 16.3. The largest absolute Gasteiger partial charge is 0.396 e. The van der Waals surface area contributed by atoms with Crippen molar-refractivity contribution >= 4 is 0 Å². The molecule has 0 atom stereocenters. The Morgan fingerprint density at radius 3 is 2.30 bits per heavy atom. The van der Waals surface area contributed by atoms with E-state index in [9.17, 15) is 4.79 Å². The van der Waals surface area contributed by atoms with Gasteiger partial charge in [-0.25, -0.2) is 0 Å². The second-order valence-electron chi connectivity index (χ2n) is 6.61. The summed E-state index contributed by atoms with van der Waals surface area (Å²) < 4.78 is 1.57. The molecule has 0 saturated carbocycles. The molecule has 0 aliphatic carbocycles. The van der Waals surface area contributed by atoms with Gasteiger partial charge >= 0.3 is 0 Å². The molecule has 0 fully saturated rings. The van der Waals surface area contributed by atoms with Crippen molar-refractivity contribution in [2.45, 2.75) is 39.2 Å². The first kappa shape index (κ1) is 17.0. The Bertz CT molecular complexity index is 775. The first-order chi connectivity index (χ1) is 10.9. The number of nitrogens with zero attached hydrogens (tertiary/aromatic N) is 2. The van der Waals surface area contributed by atoms with Crippen molar-refractivity contribution in [3.05, 3.63) is 57.9 Å². The number of rotatable bonds is 4. The Kier molecular flexibility index (Phi) is 5.02. The molecule has 23 heavy (non-hydrogen) atoms. The first-order valence-corrected chi connectivity index (χ1v) is 7.74. The number of nitriles is 1. The van der Waals surface area contributed by atoms with Crippen LogP contribution < -0.4 is 5.56 Å². The lowest BCUT2D eigenvalue weighted by Crippen LogP contribution is -2.24. The molecule has 0 saturated heterocycles. The minimum absolute atomic E-state index is 0.00558. The fourth-order valence-electron chi connectivity index (χ4n) is 2.51. The van der Waals surface area contributed by atoms with Gasteiger partial charge in [-0.2, -0.15) is 5.26 Å². The summed E-state index contributed by atoms with van der Waals surface area (Å²) in [5.74, 6) is 0. The molecular formula is C19H22N2O2. The van der Waals surface area contributed by atoms with Crippen LogP contribution in [0.5, 0.6) is 0 Å². The molecule has 2 aromatic rings. The van der Waals surface area contributed by atoms with Crippen LogP contribution in [-0.2, 0) is 12.0 Å². The SMILES string of the molecule is CC(C)(C)c1ccc(-c2ccc(C#N)c(=O)n2CCCO)cc1. The van der Waals surface area contributed by atoms with E-state index < -0.39 is 0 Å². The van der Waals surface area contributed by atoms with Gasteiger partial charge in [0.2, 0.25) is 0 Å². The second-order valence-corrected chi connectivity index (χ2v) is 6.61. The fourth-order valence-corrected chi connectivity index (χ4v) is 2.51. The Labute approximate surface area is 136 Å². The summed E-state index contributed by atoms with van der Waals surface area (Å²) in [5.41, 5.74) is 2.80. The molecule has 2 rings (SSSR count). The minimum atomic E-state index is -0.307. The van der Waals surface area contributed by atoms with E-state index in [2.05, 4.69) is 32.9 Å². The summed E-state index contributed by atoms with van der Waals surface area (Å²) in [6.07, 6.45) is 0.474. The lowest BCUT2D eigenvalue weighted by atomic mass is 9.86. The van der Waals surface area contributed by atoms with Crippen molar-refractivity contribution in [2.24, 2.45) is 0 Å². The summed E-state index contributed by atoms with van der Waals surface area (Å²) in [6.45, 7) is 6.86. The standard InChI is InChI=1S/C19H22N2O2/c1-19(2,3)16-8-5-14(6-9-16)17-10-7-15(13-20)18(23)21(17)11-4-12-22/h5-10,22H,4,11-12H2,1-3H3. The maximum Gasteiger partial charge on any atom is 0.268 e. The van der Waals surface area contributed by atoms with Crippen LogP contribution in [0.25, 0.3) is 11.3 Å². The molecule has 0 amide bonds. The molecular weight excluding hydrogens is 288 g/mol. The monoisotopic (exact) mass is 310 g/mol. The number of hydrogen-bond donors (Lipinski definition) is 1. The Hall–Kier alpha value is -2.38. The van der Waals surface area contributed by atoms with Crippen molar-refractivity contribution in [1.29, 1.82) is 5.26 Å². The molecule has 1 heterocycles. The molecule has 120 valence electrons. The molecule has 1 aromatic carbocycles. The van der Waals surface area contributed by atoms with Crippen LogP contribution in [0.4, 0.5) is 0 Å². The maximum atomic E-state index is 12.4. The topological polar surface area (TPSA) is 66.0 Å². The molecule has 0 spiro atoms. The first-order valence-electron chi connectivity index (χ1n) is 7.74. The second kappa shape index (κ2) is 6.80. The summed E-state index contributed by atoms with van der Waals surface area (Å²) in [6, 6.07) is 13.4. The zero-order valence-electron chi connectivity index (χ0n) is 13.8. The lowest BCUT2D eigenvalue weighted by molar-refractivity contribution is 0.279. The molecule has 1 aromatic heterocycles. The van der Waals surface area contributed by atoms with E-state index in [1.54, 1.807) is 16.7 Å². The summed E-state index contributed by atoms with van der Waals surface area (Å²) in [7, 11) is 0. The number of aromatic nitrogens is 1. The van der Waals surface area contributed by atoms with Gasteiger partial charge in [0, 0.05) is 13.2 Å². The van der Waals surface area contributed by atoms with Crippen LogP contribution in [-0.4, -0.2) is 16.3 Å². The number of aliphatic hydroxyl groups is 1. The van der Waals surface area contributed by atoms with Crippen LogP contribution in [0.3, 0.4) is 0 Å². The molecule has 0 bridgehead atoms. The average molecular weight is 310 g/mol. The predicted molar refractivity (Wildman–Crippen MR) is 91.3 cm³/mol. The van der Waals surface area contributed by atoms with Crippen LogP contribution in [0.1, 0.15) is 38.3 Å². The highest BCUT2D eigenvalue weighted by Crippen LogP contribution is 2.26. The van der Waals surface area contributed by atoms with Gasteiger partial charge in [-0.3, -0.25) is 4.79 Å². The van der Waals surface area contributed by atoms with Gasteiger partial charge in [0.25, 0.3) is 5.56 Å². The fraction of sp³-hybridized carbons (Fsp3) is 0.368. The lowest BCUT2D eigenvalue weighted by Gasteiger charge is -2.20. The Morgan fingerprint density at radius 1 is 1.13 bits per heavy atom. The van der Waals surface area contributed by atoms with Gasteiger partial charge in [0.05, 0.1) is 5.69 Å². The van der Waals surface area contributed by atoms with Crippen molar-refractivity contribution in [3.8, 4) is 17.3 Å².